The summed E-state index contributed by atoms with van der Waals surface area (Å²) in [6, 6.07) is 8.57. The summed E-state index contributed by atoms with van der Waals surface area (Å²) in [5.74, 6) is 0.571. The molecule has 0 saturated carbocycles. The summed E-state index contributed by atoms with van der Waals surface area (Å²) < 4.78 is 5.15. The van der Waals surface area contributed by atoms with Crippen LogP contribution in [0.5, 0.6) is 0 Å². The van der Waals surface area contributed by atoms with Crippen molar-refractivity contribution in [1.29, 1.82) is 0 Å². The van der Waals surface area contributed by atoms with Crippen molar-refractivity contribution in [3.05, 3.63) is 83.8 Å². The molecule has 0 N–H and O–H groups in total. The van der Waals surface area contributed by atoms with E-state index < -0.39 is 0 Å². The summed E-state index contributed by atoms with van der Waals surface area (Å²) in [6.45, 7) is 3.34. The van der Waals surface area contributed by atoms with Crippen LogP contribution < -0.4 is 4.90 Å². The Bertz CT molecular complexity index is 1030. The highest BCUT2D eigenvalue weighted by Crippen LogP contribution is 2.33. The first-order valence-electron chi connectivity index (χ1n) is 15.7. The van der Waals surface area contributed by atoms with E-state index in [9.17, 15) is 4.79 Å². The van der Waals surface area contributed by atoms with Crippen LogP contribution in [-0.4, -0.2) is 19.4 Å². The SMILES string of the molecule is CCCCCCCCCCCCCCCCCCN1C=C/C(=C\C=C2\C=CC(OC)=CC2=O)c2ccccc21. The second-order valence-electron chi connectivity index (χ2n) is 11.0. The lowest BCUT2D eigenvalue weighted by Gasteiger charge is -2.27. The minimum absolute atomic E-state index is 0.0237. The average Bonchev–Trinajstić information content (AvgIpc) is 2.96. The van der Waals surface area contributed by atoms with Crippen LogP contribution in [0.2, 0.25) is 0 Å². The first-order valence-corrected chi connectivity index (χ1v) is 15.7. The van der Waals surface area contributed by atoms with Gasteiger partial charge in [-0.2, -0.15) is 0 Å². The Morgan fingerprint density at radius 1 is 0.692 bits per heavy atom. The van der Waals surface area contributed by atoms with E-state index in [0.717, 1.165) is 12.1 Å². The van der Waals surface area contributed by atoms with Crippen LogP contribution in [0.1, 0.15) is 115 Å². The number of nitrogens with zero attached hydrogens (tertiary/aromatic N) is 1. The van der Waals surface area contributed by atoms with E-state index in [1.165, 1.54) is 120 Å². The molecule has 0 spiro atoms. The number of methoxy groups -OCH3 is 1. The van der Waals surface area contributed by atoms with Gasteiger partial charge in [-0.3, -0.25) is 4.79 Å². The fraction of sp³-hybridized carbons (Fsp3) is 0.528. The summed E-state index contributed by atoms with van der Waals surface area (Å²) in [5, 5.41) is 0. The second-order valence-corrected chi connectivity index (χ2v) is 11.0. The van der Waals surface area contributed by atoms with Crippen LogP contribution in [0.4, 0.5) is 5.69 Å². The van der Waals surface area contributed by atoms with Crippen molar-refractivity contribution < 1.29 is 9.53 Å². The molecule has 2 aliphatic rings. The van der Waals surface area contributed by atoms with E-state index in [1.807, 2.05) is 24.3 Å². The van der Waals surface area contributed by atoms with Crippen LogP contribution in [0.15, 0.2) is 78.3 Å². The van der Waals surface area contributed by atoms with Crippen molar-refractivity contribution in [1.82, 2.24) is 0 Å². The molecular weight excluding hydrogens is 478 g/mol. The zero-order chi connectivity index (χ0) is 27.5. The molecule has 0 bridgehead atoms. The van der Waals surface area contributed by atoms with Crippen LogP contribution >= 0.6 is 0 Å². The maximum absolute atomic E-state index is 12.3. The highest BCUT2D eigenvalue weighted by Gasteiger charge is 2.16. The Hall–Kier alpha value is -2.81. The number of unbranched alkanes of at least 4 members (excludes halogenated alkanes) is 15. The molecule has 39 heavy (non-hydrogen) atoms. The smallest absolute Gasteiger partial charge is 0.189 e. The zero-order valence-electron chi connectivity index (χ0n) is 24.6. The number of hydrogen-bond acceptors (Lipinski definition) is 3. The van der Waals surface area contributed by atoms with Gasteiger partial charge in [-0.1, -0.05) is 134 Å². The van der Waals surface area contributed by atoms with Gasteiger partial charge in [-0.15, -0.1) is 0 Å². The molecular formula is C36H51NO2. The molecule has 212 valence electrons. The standard InChI is InChI=1S/C36H51NO2/c1-3-4-5-6-7-8-9-10-11-12-13-14-15-16-17-20-28-37-29-27-31(34-21-18-19-22-35(34)37)23-24-32-25-26-33(39-2)30-36(32)38/h18-19,21-27,29-30H,3-17,20,28H2,1-2H3/b31-23+,32-24-. The van der Waals surface area contributed by atoms with Gasteiger partial charge in [0.15, 0.2) is 5.78 Å². The quantitative estimate of drug-likeness (QED) is 0.132. The van der Waals surface area contributed by atoms with E-state index in [2.05, 4.69) is 48.4 Å². The third-order valence-corrected chi connectivity index (χ3v) is 7.87. The number of carbonyl (C=O) groups excluding carboxylic acids is 1. The molecule has 3 rings (SSSR count). The summed E-state index contributed by atoms with van der Waals surface area (Å²) >= 11 is 0. The largest absolute Gasteiger partial charge is 0.497 e. The number of hydrogen-bond donors (Lipinski definition) is 0. The van der Waals surface area contributed by atoms with E-state index >= 15 is 0 Å². The Morgan fingerprint density at radius 2 is 1.26 bits per heavy atom. The lowest BCUT2D eigenvalue weighted by Crippen LogP contribution is -2.21. The number of fused-ring (bicyclic) bond motifs is 1. The predicted molar refractivity (Wildman–Crippen MR) is 168 cm³/mol. The predicted octanol–water partition coefficient (Wildman–Crippen LogP) is 10.3. The van der Waals surface area contributed by atoms with Gasteiger partial charge in [0.1, 0.15) is 5.76 Å². The van der Waals surface area contributed by atoms with Gasteiger partial charge in [0.25, 0.3) is 0 Å². The normalized spacial score (nSPS) is 16.7. The molecule has 0 saturated heterocycles. The van der Waals surface area contributed by atoms with Gasteiger partial charge in [-0.05, 0) is 36.3 Å². The number of carbonyl (C=O) groups is 1. The van der Waals surface area contributed by atoms with E-state index in [-0.39, 0.29) is 5.78 Å². The summed E-state index contributed by atoms with van der Waals surface area (Å²) in [7, 11) is 1.58. The third kappa shape index (κ3) is 11.1. The summed E-state index contributed by atoms with van der Waals surface area (Å²) in [6.07, 6.45) is 35.8. The van der Waals surface area contributed by atoms with Crippen LogP contribution in [0, 0.1) is 0 Å². The first kappa shape index (κ1) is 30.7. The molecule has 3 nitrogen and oxygen atoms in total. The molecule has 1 aromatic carbocycles. The number of para-hydroxylation sites is 1. The van der Waals surface area contributed by atoms with Crippen molar-refractivity contribution in [3.8, 4) is 0 Å². The highest BCUT2D eigenvalue weighted by atomic mass is 16.5. The highest BCUT2D eigenvalue weighted by molar-refractivity contribution is 6.08. The van der Waals surface area contributed by atoms with Crippen LogP contribution in [0.3, 0.4) is 0 Å². The molecule has 0 fully saturated rings. The number of rotatable bonds is 19. The molecule has 0 atom stereocenters. The molecule has 0 radical (unpaired) electrons. The number of ketones is 1. The van der Waals surface area contributed by atoms with Crippen LogP contribution in [-0.2, 0) is 9.53 Å². The number of allylic oxidation sites excluding steroid dienone is 8. The number of benzene rings is 1. The summed E-state index contributed by atoms with van der Waals surface area (Å²) in [5.41, 5.74) is 4.26. The van der Waals surface area contributed by atoms with Crippen molar-refractivity contribution in [3.63, 3.8) is 0 Å². The Morgan fingerprint density at radius 3 is 1.85 bits per heavy atom. The molecule has 1 aliphatic carbocycles. The number of anilines is 1. The van der Waals surface area contributed by atoms with Gasteiger partial charge >= 0.3 is 0 Å². The Kier molecular flexibility index (Phi) is 14.6. The molecule has 1 aliphatic heterocycles. The molecule has 0 unspecified atom stereocenters. The number of ether oxygens (including phenoxy) is 1. The minimum atomic E-state index is -0.0237. The van der Waals surface area contributed by atoms with Crippen molar-refractivity contribution in [2.75, 3.05) is 18.6 Å². The Balaban J connectivity index is 1.30. The second kappa shape index (κ2) is 18.5. The fourth-order valence-corrected chi connectivity index (χ4v) is 5.44. The first-order chi connectivity index (χ1) is 19.2. The van der Waals surface area contributed by atoms with Gasteiger partial charge in [-0.25, -0.2) is 0 Å². The zero-order valence-corrected chi connectivity index (χ0v) is 24.6. The van der Waals surface area contributed by atoms with Gasteiger partial charge < -0.3 is 9.64 Å². The maximum atomic E-state index is 12.3. The van der Waals surface area contributed by atoms with E-state index in [4.69, 9.17) is 4.74 Å². The average molecular weight is 530 g/mol. The molecule has 3 heteroatoms. The fourth-order valence-electron chi connectivity index (χ4n) is 5.44. The minimum Gasteiger partial charge on any atom is -0.497 e. The van der Waals surface area contributed by atoms with Gasteiger partial charge in [0.05, 0.1) is 7.11 Å². The lowest BCUT2D eigenvalue weighted by atomic mass is 9.97. The van der Waals surface area contributed by atoms with Gasteiger partial charge in [0.2, 0.25) is 0 Å². The maximum Gasteiger partial charge on any atom is 0.189 e. The Labute approximate surface area is 238 Å². The topological polar surface area (TPSA) is 29.5 Å². The van der Waals surface area contributed by atoms with Crippen molar-refractivity contribution >= 4 is 17.0 Å². The van der Waals surface area contributed by atoms with E-state index in [0.29, 0.717) is 11.3 Å². The molecule has 1 aromatic rings. The third-order valence-electron chi connectivity index (χ3n) is 7.87. The van der Waals surface area contributed by atoms with Gasteiger partial charge in [0, 0.05) is 35.6 Å². The van der Waals surface area contributed by atoms with Crippen molar-refractivity contribution in [2.24, 2.45) is 0 Å². The molecule has 1 heterocycles. The lowest BCUT2D eigenvalue weighted by molar-refractivity contribution is -0.111. The molecule has 0 aromatic heterocycles. The van der Waals surface area contributed by atoms with Crippen molar-refractivity contribution in [2.45, 2.75) is 110 Å². The monoisotopic (exact) mass is 529 g/mol. The summed E-state index contributed by atoms with van der Waals surface area (Å²) in [4.78, 5) is 14.7. The van der Waals surface area contributed by atoms with E-state index in [1.54, 1.807) is 7.11 Å². The van der Waals surface area contributed by atoms with Crippen LogP contribution in [0.25, 0.3) is 5.57 Å². The molecule has 0 amide bonds.